The molecular formula is C16H20N2O4S. The topological polar surface area (TPSA) is 91.6 Å². The summed E-state index contributed by atoms with van der Waals surface area (Å²) in [6.45, 7) is 3.72. The van der Waals surface area contributed by atoms with E-state index in [1.807, 2.05) is 13.8 Å². The van der Waals surface area contributed by atoms with E-state index in [1.165, 1.54) is 17.6 Å². The van der Waals surface area contributed by atoms with Gasteiger partial charge in [0, 0.05) is 0 Å². The molecule has 0 saturated heterocycles. The van der Waals surface area contributed by atoms with E-state index in [1.54, 1.807) is 29.6 Å². The van der Waals surface area contributed by atoms with Gasteiger partial charge in [-0.2, -0.15) is 0 Å². The lowest BCUT2D eigenvalue weighted by Crippen LogP contribution is -2.50. The zero-order chi connectivity index (χ0) is 16.8. The second kappa shape index (κ2) is 7.94. The molecule has 2 rings (SSSR count). The van der Waals surface area contributed by atoms with Crippen LogP contribution in [-0.4, -0.2) is 29.5 Å². The maximum atomic E-state index is 12.3. The van der Waals surface area contributed by atoms with Crippen molar-refractivity contribution < 1.29 is 19.1 Å². The minimum Gasteiger partial charge on any atom is -0.467 e. The molecule has 0 spiro atoms. The lowest BCUT2D eigenvalue weighted by Gasteiger charge is -2.22. The van der Waals surface area contributed by atoms with E-state index in [0.29, 0.717) is 10.6 Å². The molecule has 0 fully saturated rings. The van der Waals surface area contributed by atoms with Gasteiger partial charge in [-0.15, -0.1) is 11.3 Å². The summed E-state index contributed by atoms with van der Waals surface area (Å²) in [6, 6.07) is 6.11. The number of furan rings is 1. The van der Waals surface area contributed by atoms with Crippen LogP contribution < -0.4 is 10.6 Å². The molecule has 0 aliphatic carbocycles. The summed E-state index contributed by atoms with van der Waals surface area (Å²) in [5, 5.41) is 17.1. The predicted molar refractivity (Wildman–Crippen MR) is 87.1 cm³/mol. The highest BCUT2D eigenvalue weighted by Crippen LogP contribution is 2.13. The number of rotatable bonds is 7. The summed E-state index contributed by atoms with van der Waals surface area (Å²) in [6.07, 6.45) is 0.535. The molecule has 0 aliphatic heterocycles. The van der Waals surface area contributed by atoms with E-state index in [9.17, 15) is 14.7 Å². The van der Waals surface area contributed by atoms with Gasteiger partial charge in [0.2, 0.25) is 5.91 Å². The van der Waals surface area contributed by atoms with Crippen LogP contribution in [0, 0.1) is 5.92 Å². The average molecular weight is 336 g/mol. The molecule has 23 heavy (non-hydrogen) atoms. The summed E-state index contributed by atoms with van der Waals surface area (Å²) in [5.41, 5.74) is 0. The molecule has 2 unspecified atom stereocenters. The van der Waals surface area contributed by atoms with Gasteiger partial charge in [0.25, 0.3) is 5.91 Å². The molecule has 2 aromatic heterocycles. The Hall–Kier alpha value is -2.12. The minimum atomic E-state index is -0.922. The fraction of sp³-hybridized carbons (Fsp3) is 0.375. The third-order valence-electron chi connectivity index (χ3n) is 3.32. The molecular weight excluding hydrogens is 316 g/mol. The van der Waals surface area contributed by atoms with Crippen LogP contribution in [0.2, 0.25) is 0 Å². The Labute approximate surface area is 138 Å². The van der Waals surface area contributed by atoms with Crippen LogP contribution in [0.3, 0.4) is 0 Å². The normalized spacial score (nSPS) is 13.6. The molecule has 3 N–H and O–H groups in total. The van der Waals surface area contributed by atoms with Crippen molar-refractivity contribution in [1.29, 1.82) is 0 Å². The molecule has 0 aliphatic rings. The highest BCUT2D eigenvalue weighted by molar-refractivity contribution is 7.12. The van der Waals surface area contributed by atoms with Crippen LogP contribution in [0.25, 0.3) is 0 Å². The Morgan fingerprint density at radius 2 is 2.09 bits per heavy atom. The SMILES string of the molecule is CC(C)C(NC(=O)c1cccs1)C(=O)NCC(O)c1ccco1. The summed E-state index contributed by atoms with van der Waals surface area (Å²) in [7, 11) is 0. The first-order chi connectivity index (χ1) is 11.0. The van der Waals surface area contributed by atoms with Gasteiger partial charge in [-0.1, -0.05) is 19.9 Å². The van der Waals surface area contributed by atoms with Crippen molar-refractivity contribution in [3.8, 4) is 0 Å². The number of carbonyl (C=O) groups is 2. The highest BCUT2D eigenvalue weighted by Gasteiger charge is 2.25. The van der Waals surface area contributed by atoms with Crippen molar-refractivity contribution in [1.82, 2.24) is 10.6 Å². The molecule has 2 aromatic rings. The van der Waals surface area contributed by atoms with Gasteiger partial charge in [-0.25, -0.2) is 0 Å². The Balaban J connectivity index is 1.92. The highest BCUT2D eigenvalue weighted by atomic mass is 32.1. The molecule has 2 atom stereocenters. The summed E-state index contributed by atoms with van der Waals surface area (Å²) in [5.74, 6) is -0.315. The van der Waals surface area contributed by atoms with E-state index in [4.69, 9.17) is 4.42 Å². The van der Waals surface area contributed by atoms with Gasteiger partial charge in [0.1, 0.15) is 17.9 Å². The summed E-state index contributed by atoms with van der Waals surface area (Å²) in [4.78, 5) is 25.0. The fourth-order valence-corrected chi connectivity index (χ4v) is 2.67. The molecule has 2 amide bonds. The monoisotopic (exact) mass is 336 g/mol. The predicted octanol–water partition coefficient (Wildman–Crippen LogP) is 1.95. The van der Waals surface area contributed by atoms with Crippen LogP contribution in [0.15, 0.2) is 40.3 Å². The molecule has 6 nitrogen and oxygen atoms in total. The summed E-state index contributed by atoms with van der Waals surface area (Å²) >= 11 is 1.32. The first kappa shape index (κ1) is 17.2. The number of aliphatic hydroxyl groups is 1. The van der Waals surface area contributed by atoms with Gasteiger partial charge < -0.3 is 20.2 Å². The van der Waals surface area contributed by atoms with E-state index in [2.05, 4.69) is 10.6 Å². The van der Waals surface area contributed by atoms with Crippen LogP contribution in [-0.2, 0) is 4.79 Å². The number of hydrogen-bond acceptors (Lipinski definition) is 5. The lowest BCUT2D eigenvalue weighted by atomic mass is 10.0. The lowest BCUT2D eigenvalue weighted by molar-refractivity contribution is -0.124. The van der Waals surface area contributed by atoms with Crippen molar-refractivity contribution in [2.75, 3.05) is 6.54 Å². The first-order valence-electron chi connectivity index (χ1n) is 7.32. The van der Waals surface area contributed by atoms with E-state index < -0.39 is 12.1 Å². The maximum absolute atomic E-state index is 12.3. The average Bonchev–Trinajstić information content (AvgIpc) is 3.22. The van der Waals surface area contributed by atoms with Crippen molar-refractivity contribution >= 4 is 23.2 Å². The van der Waals surface area contributed by atoms with Gasteiger partial charge in [0.05, 0.1) is 17.7 Å². The third kappa shape index (κ3) is 4.67. The summed E-state index contributed by atoms with van der Waals surface area (Å²) < 4.78 is 5.08. The smallest absolute Gasteiger partial charge is 0.262 e. The fourth-order valence-electron chi connectivity index (χ4n) is 2.04. The van der Waals surface area contributed by atoms with Crippen molar-refractivity contribution in [2.24, 2.45) is 5.92 Å². The molecule has 7 heteroatoms. The van der Waals surface area contributed by atoms with Crippen LogP contribution >= 0.6 is 11.3 Å². The van der Waals surface area contributed by atoms with Gasteiger partial charge in [0.15, 0.2) is 0 Å². The first-order valence-corrected chi connectivity index (χ1v) is 8.20. The number of aliphatic hydroxyl groups excluding tert-OH is 1. The number of nitrogens with one attached hydrogen (secondary N) is 2. The van der Waals surface area contributed by atoms with Crippen molar-refractivity contribution in [3.63, 3.8) is 0 Å². The van der Waals surface area contributed by atoms with E-state index in [-0.39, 0.29) is 24.3 Å². The molecule has 124 valence electrons. The number of amides is 2. The third-order valence-corrected chi connectivity index (χ3v) is 4.19. The van der Waals surface area contributed by atoms with Crippen LogP contribution in [0.5, 0.6) is 0 Å². The van der Waals surface area contributed by atoms with Crippen molar-refractivity contribution in [3.05, 3.63) is 46.5 Å². The largest absolute Gasteiger partial charge is 0.467 e. The second-order valence-corrected chi connectivity index (χ2v) is 6.40. The molecule has 2 heterocycles. The zero-order valence-corrected chi connectivity index (χ0v) is 13.8. The quantitative estimate of drug-likeness (QED) is 0.720. The van der Waals surface area contributed by atoms with E-state index >= 15 is 0 Å². The van der Waals surface area contributed by atoms with E-state index in [0.717, 1.165) is 0 Å². The van der Waals surface area contributed by atoms with Crippen LogP contribution in [0.1, 0.15) is 35.4 Å². The Morgan fingerprint density at radius 3 is 2.65 bits per heavy atom. The van der Waals surface area contributed by atoms with Gasteiger partial charge in [-0.3, -0.25) is 9.59 Å². The van der Waals surface area contributed by atoms with Crippen molar-refractivity contribution in [2.45, 2.75) is 26.0 Å². The minimum absolute atomic E-state index is 0.0183. The van der Waals surface area contributed by atoms with Gasteiger partial charge in [-0.05, 0) is 29.5 Å². The second-order valence-electron chi connectivity index (χ2n) is 5.45. The maximum Gasteiger partial charge on any atom is 0.262 e. The molecule has 0 aromatic carbocycles. The molecule has 0 radical (unpaired) electrons. The number of carbonyl (C=O) groups excluding carboxylic acids is 2. The molecule has 0 saturated carbocycles. The number of hydrogen-bond donors (Lipinski definition) is 3. The molecule has 0 bridgehead atoms. The standard InChI is InChI=1S/C16H20N2O4S/c1-10(2)14(18-15(20)13-6-4-8-23-13)16(21)17-9-11(19)12-5-3-7-22-12/h3-8,10-11,14,19H,9H2,1-2H3,(H,17,21)(H,18,20). The van der Waals surface area contributed by atoms with Crippen LogP contribution in [0.4, 0.5) is 0 Å². The van der Waals surface area contributed by atoms with Gasteiger partial charge >= 0.3 is 0 Å². The Morgan fingerprint density at radius 1 is 1.30 bits per heavy atom. The Bertz CT molecular complexity index is 623. The number of thiophene rings is 1. The Kier molecular flexibility index (Phi) is 5.95. The zero-order valence-electron chi connectivity index (χ0n) is 13.0.